The van der Waals surface area contributed by atoms with Crippen molar-refractivity contribution in [1.82, 2.24) is 25.3 Å². The molecule has 2 aliphatic heterocycles. The number of nitrogens with one attached hydrogen (secondary N) is 1. The van der Waals surface area contributed by atoms with E-state index in [1.54, 1.807) is 0 Å². The van der Waals surface area contributed by atoms with Crippen LogP contribution in [0, 0.1) is 11.3 Å². The van der Waals surface area contributed by atoms with E-state index in [0.29, 0.717) is 33.9 Å². The Labute approximate surface area is 226 Å². The molecule has 1 unspecified atom stereocenters. The van der Waals surface area contributed by atoms with Crippen molar-refractivity contribution in [3.8, 4) is 23.5 Å². The zero-order valence-corrected chi connectivity index (χ0v) is 22.8. The minimum Gasteiger partial charge on any atom is -0.474 e. The highest BCUT2D eigenvalue weighted by Gasteiger charge is 2.43. The number of fused-ring (bicyclic) bond motifs is 1. The van der Waals surface area contributed by atoms with Crippen LogP contribution in [0.15, 0.2) is 16.7 Å². The minimum absolute atomic E-state index is 0.138. The van der Waals surface area contributed by atoms with E-state index in [4.69, 9.17) is 25.0 Å². The number of pyridine rings is 1. The third-order valence-corrected chi connectivity index (χ3v) is 9.18. The van der Waals surface area contributed by atoms with E-state index in [-0.39, 0.29) is 6.10 Å². The van der Waals surface area contributed by atoms with Gasteiger partial charge in [-0.2, -0.15) is 10.2 Å². The van der Waals surface area contributed by atoms with Crippen LogP contribution in [0.3, 0.4) is 0 Å². The first-order valence-corrected chi connectivity index (χ1v) is 14.3. The van der Waals surface area contributed by atoms with Gasteiger partial charge in [0.15, 0.2) is 0 Å². The van der Waals surface area contributed by atoms with E-state index < -0.39 is 5.41 Å². The number of nitrogens with two attached hydrogens (primary N) is 1. The Bertz CT molecular complexity index is 1350. The molecule has 0 bridgehead atoms. The highest BCUT2D eigenvalue weighted by Crippen LogP contribution is 2.48. The number of hydrogen-bond donors (Lipinski definition) is 2. The number of aryl methyl sites for hydroxylation is 1. The van der Waals surface area contributed by atoms with Crippen LogP contribution in [-0.4, -0.2) is 72.4 Å². The monoisotopic (exact) mass is 534 g/mol. The van der Waals surface area contributed by atoms with Gasteiger partial charge in [0, 0.05) is 61.5 Å². The molecule has 3 aromatic heterocycles. The molecular weight excluding hydrogens is 500 g/mol. The van der Waals surface area contributed by atoms with Crippen molar-refractivity contribution < 1.29 is 9.26 Å². The van der Waals surface area contributed by atoms with E-state index >= 15 is 0 Å². The number of anilines is 2. The average molecular weight is 535 g/mol. The molecule has 10 nitrogen and oxygen atoms in total. The zero-order chi connectivity index (χ0) is 26.3. The molecule has 0 spiro atoms. The van der Waals surface area contributed by atoms with Crippen LogP contribution in [0.1, 0.15) is 54.5 Å². The number of nitrogens with zero attached hydrogens (tertiary/aromatic N) is 6. The summed E-state index contributed by atoms with van der Waals surface area (Å²) in [5, 5.41) is 18.2. The Morgan fingerprint density at radius 3 is 2.76 bits per heavy atom. The lowest BCUT2D eigenvalue weighted by atomic mass is 9.72. The lowest BCUT2D eigenvalue weighted by molar-refractivity contribution is 0.110. The first kappa shape index (κ1) is 25.1. The number of piperidine rings is 1. The van der Waals surface area contributed by atoms with Crippen molar-refractivity contribution in [2.45, 2.75) is 50.5 Å². The Kier molecular flexibility index (Phi) is 6.72. The molecule has 0 amide bonds. The molecule has 3 aromatic rings. The van der Waals surface area contributed by atoms with E-state index in [0.717, 1.165) is 87.5 Å². The topological polar surface area (TPSA) is 129 Å². The average Bonchev–Trinajstić information content (AvgIpc) is 3.56. The summed E-state index contributed by atoms with van der Waals surface area (Å²) in [7, 11) is 2.14. The summed E-state index contributed by atoms with van der Waals surface area (Å²) in [4.78, 5) is 15.5. The van der Waals surface area contributed by atoms with Gasteiger partial charge in [-0.05, 0) is 52.1 Å². The number of nitriles is 1. The summed E-state index contributed by atoms with van der Waals surface area (Å²) in [6, 6.07) is 6.38. The van der Waals surface area contributed by atoms with Gasteiger partial charge in [-0.15, -0.1) is 11.3 Å². The Morgan fingerprint density at radius 1 is 1.21 bits per heavy atom. The summed E-state index contributed by atoms with van der Waals surface area (Å²) in [6.45, 7) is 7.79. The van der Waals surface area contributed by atoms with Crippen LogP contribution in [-0.2, 0) is 11.8 Å². The molecule has 5 heterocycles. The summed E-state index contributed by atoms with van der Waals surface area (Å²) >= 11 is 1.50. The largest absolute Gasteiger partial charge is 0.474 e. The molecule has 11 heteroatoms. The van der Waals surface area contributed by atoms with Crippen molar-refractivity contribution >= 4 is 22.0 Å². The lowest BCUT2D eigenvalue weighted by Crippen LogP contribution is -2.43. The quantitative estimate of drug-likeness (QED) is 0.503. The number of nitrogen functional groups attached to an aromatic ring is 1. The predicted octanol–water partition coefficient (Wildman–Crippen LogP) is 3.17. The number of thiophene rings is 1. The van der Waals surface area contributed by atoms with E-state index in [2.05, 4.69) is 40.3 Å². The Balaban J connectivity index is 1.35. The Hall–Kier alpha value is -3.20. The van der Waals surface area contributed by atoms with Gasteiger partial charge >= 0.3 is 0 Å². The number of rotatable bonds is 5. The maximum absolute atomic E-state index is 9.83. The Morgan fingerprint density at radius 2 is 2.00 bits per heavy atom. The van der Waals surface area contributed by atoms with Crippen LogP contribution >= 0.6 is 11.3 Å². The maximum Gasteiger partial charge on any atom is 0.237 e. The smallest absolute Gasteiger partial charge is 0.237 e. The van der Waals surface area contributed by atoms with Crippen molar-refractivity contribution in [2.75, 3.05) is 56.9 Å². The fourth-order valence-corrected chi connectivity index (χ4v) is 7.10. The van der Waals surface area contributed by atoms with Crippen LogP contribution in [0.2, 0.25) is 0 Å². The third-order valence-electron chi connectivity index (χ3n) is 8.10. The van der Waals surface area contributed by atoms with Crippen LogP contribution in [0.4, 0.5) is 10.7 Å². The van der Waals surface area contributed by atoms with Gasteiger partial charge in [0.1, 0.15) is 22.9 Å². The molecule has 6 rings (SSSR count). The molecule has 3 N–H and O–H groups in total. The summed E-state index contributed by atoms with van der Waals surface area (Å²) in [5.41, 5.74) is 8.80. The number of hydrogen-bond acceptors (Lipinski definition) is 11. The second-order valence-electron chi connectivity index (χ2n) is 10.8. The normalized spacial score (nSPS) is 22.7. The number of likely N-dealkylation sites (tertiary alicyclic amines) is 1. The molecule has 1 atom stereocenters. The van der Waals surface area contributed by atoms with Gasteiger partial charge in [-0.1, -0.05) is 5.16 Å². The standard InChI is InChI=1S/C27H34N8O2S/c1-27(7-3-4-21-23(27)19(16-28)24(29)38-21)26-32-25(33-37-26)20-14-17(35-12-8-30-9-13-35)15-22(31-20)36-18-5-10-34(2)11-6-18/h14-15,18,30H,3-13,29H2,1-2H3. The van der Waals surface area contributed by atoms with Crippen LogP contribution in [0.25, 0.3) is 11.5 Å². The molecule has 38 heavy (non-hydrogen) atoms. The van der Waals surface area contributed by atoms with Gasteiger partial charge in [0.25, 0.3) is 0 Å². The first-order chi connectivity index (χ1) is 18.4. The highest BCUT2D eigenvalue weighted by atomic mass is 32.1. The van der Waals surface area contributed by atoms with Gasteiger partial charge in [-0.25, -0.2) is 4.98 Å². The molecule has 0 aromatic carbocycles. The fourth-order valence-electron chi connectivity index (χ4n) is 5.91. The molecule has 2 saturated heterocycles. The molecule has 200 valence electrons. The SMILES string of the molecule is CN1CCC(Oc2cc(N3CCNCC3)cc(-c3noc(C4(C)CCCc5sc(N)c(C#N)c54)n3)n2)CC1. The minimum atomic E-state index is -0.568. The molecule has 1 aliphatic carbocycles. The van der Waals surface area contributed by atoms with Crippen molar-refractivity contribution in [2.24, 2.45) is 0 Å². The number of aromatic nitrogens is 3. The second-order valence-corrected chi connectivity index (χ2v) is 11.9. The van der Waals surface area contributed by atoms with Crippen LogP contribution in [0.5, 0.6) is 5.88 Å². The molecule has 0 radical (unpaired) electrons. The van der Waals surface area contributed by atoms with Crippen molar-refractivity contribution in [3.05, 3.63) is 34.0 Å². The van der Waals surface area contributed by atoms with Gasteiger partial charge in [0.05, 0.1) is 11.0 Å². The maximum atomic E-state index is 9.83. The second kappa shape index (κ2) is 10.2. The summed E-state index contributed by atoms with van der Waals surface area (Å²) in [6.07, 6.45) is 4.78. The van der Waals surface area contributed by atoms with Crippen molar-refractivity contribution in [1.29, 1.82) is 5.26 Å². The summed E-state index contributed by atoms with van der Waals surface area (Å²) in [5.74, 6) is 1.52. The number of piperazine rings is 1. The highest BCUT2D eigenvalue weighted by molar-refractivity contribution is 7.16. The van der Waals surface area contributed by atoms with Crippen molar-refractivity contribution in [3.63, 3.8) is 0 Å². The summed E-state index contributed by atoms with van der Waals surface area (Å²) < 4.78 is 12.3. The molecular formula is C27H34N8O2S. The predicted molar refractivity (Wildman–Crippen MR) is 147 cm³/mol. The van der Waals surface area contributed by atoms with Crippen LogP contribution < -0.4 is 20.7 Å². The molecule has 2 fully saturated rings. The van der Waals surface area contributed by atoms with E-state index in [1.807, 2.05) is 12.1 Å². The third kappa shape index (κ3) is 4.61. The van der Waals surface area contributed by atoms with Gasteiger partial charge < -0.3 is 30.1 Å². The molecule has 3 aliphatic rings. The van der Waals surface area contributed by atoms with E-state index in [9.17, 15) is 5.26 Å². The van der Waals surface area contributed by atoms with E-state index in [1.165, 1.54) is 11.3 Å². The number of ether oxygens (including phenoxy) is 1. The van der Waals surface area contributed by atoms with Gasteiger partial charge in [-0.3, -0.25) is 0 Å². The first-order valence-electron chi connectivity index (χ1n) is 13.4. The fraction of sp³-hybridized carbons (Fsp3) is 0.556. The van der Waals surface area contributed by atoms with Gasteiger partial charge in [0.2, 0.25) is 17.6 Å². The zero-order valence-electron chi connectivity index (χ0n) is 22.0. The molecule has 0 saturated carbocycles. The lowest BCUT2D eigenvalue weighted by Gasteiger charge is -2.31.